The maximum absolute atomic E-state index is 14.2. The number of nitrogen functional groups attached to an aromatic ring is 1. The number of benzene rings is 1. The number of ether oxygens (including phenoxy) is 1. The van der Waals surface area contributed by atoms with Crippen LogP contribution in [0.15, 0.2) is 18.2 Å². The molecule has 0 spiro atoms. The molecule has 5 nitrogen and oxygen atoms in total. The number of carbonyl (C=O) groups excluding carboxylic acids is 1. The highest BCUT2D eigenvalue weighted by Gasteiger charge is 2.56. The highest BCUT2D eigenvalue weighted by molar-refractivity contribution is 5.84. The molecule has 2 fully saturated rings. The molecule has 3 rings (SSSR count). The van der Waals surface area contributed by atoms with Crippen LogP contribution >= 0.6 is 0 Å². The fraction of sp³-hybridized carbons (Fsp3) is 0.588. The Balaban J connectivity index is 1.65. The number of halogens is 1. The smallest absolute Gasteiger partial charge is 0.326 e. The molecule has 1 aromatic carbocycles. The minimum absolute atomic E-state index is 0.119. The molecule has 126 valence electrons. The van der Waals surface area contributed by atoms with E-state index < -0.39 is 0 Å². The van der Waals surface area contributed by atoms with E-state index in [0.29, 0.717) is 5.69 Å². The fourth-order valence-electron chi connectivity index (χ4n) is 3.65. The summed E-state index contributed by atoms with van der Waals surface area (Å²) in [4.78, 5) is 16.2. The first-order valence-corrected chi connectivity index (χ1v) is 8.10. The average molecular weight is 321 g/mol. The zero-order valence-electron chi connectivity index (χ0n) is 13.7. The first-order valence-electron chi connectivity index (χ1n) is 8.10. The lowest BCUT2D eigenvalue weighted by atomic mass is 10.00. The number of methoxy groups -OCH3 is 1. The van der Waals surface area contributed by atoms with Gasteiger partial charge in [0.1, 0.15) is 5.54 Å². The molecule has 0 bridgehead atoms. The second kappa shape index (κ2) is 6.00. The Morgan fingerprint density at radius 1 is 1.39 bits per heavy atom. The van der Waals surface area contributed by atoms with Gasteiger partial charge in [0.25, 0.3) is 0 Å². The molecule has 0 unspecified atom stereocenters. The number of nitrogens with two attached hydrogens (primary N) is 1. The van der Waals surface area contributed by atoms with E-state index in [1.165, 1.54) is 7.11 Å². The highest BCUT2D eigenvalue weighted by Crippen LogP contribution is 2.44. The molecule has 23 heavy (non-hydrogen) atoms. The predicted octanol–water partition coefficient (Wildman–Crippen LogP) is 2.01. The van der Waals surface area contributed by atoms with Crippen LogP contribution in [-0.2, 0) is 9.53 Å². The van der Waals surface area contributed by atoms with Gasteiger partial charge < -0.3 is 15.4 Å². The van der Waals surface area contributed by atoms with Crippen molar-refractivity contribution in [2.45, 2.75) is 37.3 Å². The van der Waals surface area contributed by atoms with Gasteiger partial charge in [-0.05, 0) is 37.8 Å². The monoisotopic (exact) mass is 321 g/mol. The van der Waals surface area contributed by atoms with Crippen LogP contribution in [0.3, 0.4) is 0 Å². The third-order valence-corrected chi connectivity index (χ3v) is 5.29. The Morgan fingerprint density at radius 3 is 2.61 bits per heavy atom. The van der Waals surface area contributed by atoms with Gasteiger partial charge in [-0.15, -0.1) is 0 Å². The van der Waals surface area contributed by atoms with E-state index in [9.17, 15) is 9.18 Å². The zero-order valence-corrected chi connectivity index (χ0v) is 13.7. The van der Waals surface area contributed by atoms with Crippen molar-refractivity contribution in [2.24, 2.45) is 0 Å². The Bertz CT molecular complexity index is 596. The Hall–Kier alpha value is -1.82. The highest BCUT2D eigenvalue weighted by atomic mass is 19.1. The number of rotatable bonds is 4. The van der Waals surface area contributed by atoms with Crippen molar-refractivity contribution in [3.05, 3.63) is 24.0 Å². The molecule has 6 heteroatoms. The maximum atomic E-state index is 14.2. The van der Waals surface area contributed by atoms with E-state index >= 15 is 0 Å². The van der Waals surface area contributed by atoms with Crippen LogP contribution in [-0.4, -0.2) is 49.7 Å². The second-order valence-corrected chi connectivity index (χ2v) is 6.53. The number of nitrogens with zero attached hydrogens (tertiary/aromatic N) is 2. The lowest BCUT2D eigenvalue weighted by molar-refractivity contribution is -0.149. The van der Waals surface area contributed by atoms with Gasteiger partial charge in [-0.2, -0.15) is 0 Å². The number of piperidine rings is 1. The van der Waals surface area contributed by atoms with Crippen LogP contribution in [0.5, 0.6) is 0 Å². The predicted molar refractivity (Wildman–Crippen MR) is 87.8 cm³/mol. The van der Waals surface area contributed by atoms with Gasteiger partial charge >= 0.3 is 5.97 Å². The molecule has 1 aliphatic heterocycles. The quantitative estimate of drug-likeness (QED) is 0.679. The van der Waals surface area contributed by atoms with E-state index in [2.05, 4.69) is 4.90 Å². The summed E-state index contributed by atoms with van der Waals surface area (Å²) in [6.45, 7) is 1.65. The van der Waals surface area contributed by atoms with Crippen molar-refractivity contribution in [1.82, 2.24) is 4.90 Å². The van der Waals surface area contributed by atoms with E-state index in [0.717, 1.165) is 38.8 Å². The molecule has 1 aliphatic carbocycles. The van der Waals surface area contributed by atoms with Crippen LogP contribution < -0.4 is 10.6 Å². The number of likely N-dealkylation sites (tertiary alicyclic amines) is 1. The summed E-state index contributed by atoms with van der Waals surface area (Å²) in [5.74, 6) is -0.475. The first-order chi connectivity index (χ1) is 11.0. The number of hydrogen-bond acceptors (Lipinski definition) is 5. The molecule has 0 aromatic heterocycles. The first kappa shape index (κ1) is 16.1. The molecule has 1 heterocycles. The van der Waals surface area contributed by atoms with Crippen LogP contribution in [0.25, 0.3) is 0 Å². The maximum Gasteiger partial charge on any atom is 0.326 e. The van der Waals surface area contributed by atoms with Gasteiger partial charge in [0.05, 0.1) is 18.5 Å². The minimum Gasteiger partial charge on any atom is -0.468 e. The van der Waals surface area contributed by atoms with Crippen molar-refractivity contribution >= 4 is 17.3 Å². The van der Waals surface area contributed by atoms with E-state index in [1.54, 1.807) is 18.2 Å². The van der Waals surface area contributed by atoms with Gasteiger partial charge in [-0.25, -0.2) is 4.39 Å². The summed E-state index contributed by atoms with van der Waals surface area (Å²) in [5, 5.41) is 0. The molecule has 2 aliphatic rings. The molecule has 1 saturated heterocycles. The normalized spacial score (nSPS) is 21.0. The number of esters is 1. The molecule has 0 atom stereocenters. The Labute approximate surface area is 136 Å². The van der Waals surface area contributed by atoms with E-state index in [1.807, 2.05) is 11.9 Å². The topological polar surface area (TPSA) is 58.8 Å². The minimum atomic E-state index is -0.388. The Kier molecular flexibility index (Phi) is 4.19. The molecule has 1 aromatic rings. The van der Waals surface area contributed by atoms with E-state index in [4.69, 9.17) is 10.5 Å². The lowest BCUT2D eigenvalue weighted by Gasteiger charge is -2.40. The average Bonchev–Trinajstić information content (AvgIpc) is 3.38. The summed E-state index contributed by atoms with van der Waals surface area (Å²) in [5.41, 5.74) is 5.99. The van der Waals surface area contributed by atoms with E-state index in [-0.39, 0.29) is 29.1 Å². The molecular formula is C17H24FN3O2. The van der Waals surface area contributed by atoms with Gasteiger partial charge in [-0.1, -0.05) is 6.07 Å². The second-order valence-electron chi connectivity index (χ2n) is 6.53. The number of anilines is 2. The molecule has 0 amide bonds. The SMILES string of the molecule is COC(=O)C1(N2CCC(N(C)c3cccc(N)c3F)CC2)CC1. The summed E-state index contributed by atoms with van der Waals surface area (Å²) >= 11 is 0. The van der Waals surface area contributed by atoms with Crippen LogP contribution in [0.4, 0.5) is 15.8 Å². The number of hydrogen-bond donors (Lipinski definition) is 1. The van der Waals surface area contributed by atoms with Crippen LogP contribution in [0.2, 0.25) is 0 Å². The van der Waals surface area contributed by atoms with Crippen molar-refractivity contribution in [3.8, 4) is 0 Å². The number of carbonyl (C=O) groups is 1. The van der Waals surface area contributed by atoms with Crippen LogP contribution in [0.1, 0.15) is 25.7 Å². The van der Waals surface area contributed by atoms with Crippen LogP contribution in [0, 0.1) is 5.82 Å². The van der Waals surface area contributed by atoms with Gasteiger partial charge in [0.2, 0.25) is 0 Å². The van der Waals surface area contributed by atoms with Crippen molar-refractivity contribution in [2.75, 3.05) is 37.9 Å². The van der Waals surface area contributed by atoms with Crippen molar-refractivity contribution in [1.29, 1.82) is 0 Å². The largest absolute Gasteiger partial charge is 0.468 e. The standard InChI is InChI=1S/C17H24FN3O2/c1-20(14-5-3-4-13(19)15(14)18)12-6-10-21(11-7-12)17(8-9-17)16(22)23-2/h3-5,12H,6-11,19H2,1-2H3. The van der Waals surface area contributed by atoms with Crippen molar-refractivity contribution in [3.63, 3.8) is 0 Å². The summed E-state index contributed by atoms with van der Waals surface area (Å²) in [6, 6.07) is 5.35. The molecular weight excluding hydrogens is 297 g/mol. The van der Waals surface area contributed by atoms with Gasteiger partial charge in [0, 0.05) is 26.2 Å². The third-order valence-electron chi connectivity index (χ3n) is 5.29. The Morgan fingerprint density at radius 2 is 2.04 bits per heavy atom. The third kappa shape index (κ3) is 2.76. The fourth-order valence-corrected chi connectivity index (χ4v) is 3.65. The summed E-state index contributed by atoms with van der Waals surface area (Å²) in [6.07, 6.45) is 3.54. The zero-order chi connectivity index (χ0) is 16.6. The lowest BCUT2D eigenvalue weighted by Crippen LogP contribution is -2.51. The molecule has 1 saturated carbocycles. The summed E-state index contributed by atoms with van der Waals surface area (Å²) < 4.78 is 19.1. The molecule has 2 N–H and O–H groups in total. The molecule has 0 radical (unpaired) electrons. The van der Waals surface area contributed by atoms with Gasteiger partial charge in [0.15, 0.2) is 5.82 Å². The van der Waals surface area contributed by atoms with Crippen molar-refractivity contribution < 1.29 is 13.9 Å². The summed E-state index contributed by atoms with van der Waals surface area (Å²) in [7, 11) is 3.36. The van der Waals surface area contributed by atoms with Gasteiger partial charge in [-0.3, -0.25) is 9.69 Å².